The quantitative estimate of drug-likeness (QED) is 0.763. The van der Waals surface area contributed by atoms with Crippen molar-refractivity contribution in [2.45, 2.75) is 70.4 Å². The van der Waals surface area contributed by atoms with Gasteiger partial charge in [0.2, 0.25) is 5.95 Å². The molecule has 0 radical (unpaired) electrons. The first-order valence-electron chi connectivity index (χ1n) is 11.6. The third-order valence-corrected chi connectivity index (χ3v) is 7.39. The Kier molecular flexibility index (Phi) is 5.28. The van der Waals surface area contributed by atoms with Crippen LogP contribution in [0.15, 0.2) is 24.5 Å². The summed E-state index contributed by atoms with van der Waals surface area (Å²) < 4.78 is 0. The SMILES string of the molecule is CN1C(=O)C2(C)CCCN2c2nc(NCc3ccc(CCC4CCCC4)nc3)ncc21. The van der Waals surface area contributed by atoms with E-state index in [4.69, 9.17) is 4.98 Å². The predicted molar refractivity (Wildman–Crippen MR) is 122 cm³/mol. The number of amides is 1. The van der Waals surface area contributed by atoms with Gasteiger partial charge in [-0.25, -0.2) is 4.98 Å². The molecule has 31 heavy (non-hydrogen) atoms. The number of carbonyl (C=O) groups excluding carboxylic acids is 1. The number of anilines is 3. The van der Waals surface area contributed by atoms with E-state index in [0.29, 0.717) is 12.5 Å². The van der Waals surface area contributed by atoms with Crippen molar-refractivity contribution >= 4 is 23.4 Å². The lowest BCUT2D eigenvalue weighted by Crippen LogP contribution is -2.58. The van der Waals surface area contributed by atoms with Crippen LogP contribution in [0.5, 0.6) is 0 Å². The molecular formula is C24H32N6O. The average molecular weight is 421 g/mol. The number of hydrogen-bond acceptors (Lipinski definition) is 6. The summed E-state index contributed by atoms with van der Waals surface area (Å²) in [5.41, 5.74) is 2.58. The highest BCUT2D eigenvalue weighted by Crippen LogP contribution is 2.43. The molecule has 4 heterocycles. The highest BCUT2D eigenvalue weighted by Gasteiger charge is 2.50. The largest absolute Gasteiger partial charge is 0.350 e. The van der Waals surface area contributed by atoms with Gasteiger partial charge >= 0.3 is 0 Å². The minimum atomic E-state index is -0.494. The molecule has 1 unspecified atom stereocenters. The summed E-state index contributed by atoms with van der Waals surface area (Å²) in [6, 6.07) is 4.29. The molecule has 2 aromatic rings. The Morgan fingerprint density at radius 3 is 2.77 bits per heavy atom. The Balaban J connectivity index is 1.24. The number of nitrogens with one attached hydrogen (secondary N) is 1. The molecule has 1 amide bonds. The van der Waals surface area contributed by atoms with Crippen molar-refractivity contribution < 1.29 is 4.79 Å². The Morgan fingerprint density at radius 1 is 1.16 bits per heavy atom. The van der Waals surface area contributed by atoms with Gasteiger partial charge in [0.05, 0.1) is 6.20 Å². The van der Waals surface area contributed by atoms with Crippen LogP contribution in [0.25, 0.3) is 0 Å². The number of likely N-dealkylation sites (N-methyl/N-ethyl adjacent to an activating group) is 1. The van der Waals surface area contributed by atoms with Gasteiger partial charge in [-0.1, -0.05) is 31.7 Å². The van der Waals surface area contributed by atoms with Gasteiger partial charge in [0.15, 0.2) is 5.82 Å². The number of pyridine rings is 1. The molecule has 5 rings (SSSR count). The molecule has 1 atom stereocenters. The molecule has 2 fully saturated rings. The molecule has 2 aliphatic heterocycles. The maximum Gasteiger partial charge on any atom is 0.252 e. The summed E-state index contributed by atoms with van der Waals surface area (Å²) in [4.78, 5) is 30.6. The molecule has 164 valence electrons. The first kappa shape index (κ1) is 20.2. The lowest BCUT2D eigenvalue weighted by molar-refractivity contribution is -0.123. The van der Waals surface area contributed by atoms with Gasteiger partial charge in [0.1, 0.15) is 11.2 Å². The van der Waals surface area contributed by atoms with E-state index in [1.165, 1.54) is 37.8 Å². The molecule has 0 aromatic carbocycles. The standard InChI is InChI=1S/C24H32N6O/c1-24-12-5-13-30(24)21-20(29(2)22(24)31)16-27-23(28-21)26-15-18-9-11-19(25-14-18)10-8-17-6-3-4-7-17/h9,11,14,16-17H,3-8,10,12-13,15H2,1-2H3,(H,26,27,28). The fourth-order valence-corrected chi connectivity index (χ4v) is 5.42. The normalized spacial score (nSPS) is 23.2. The van der Waals surface area contributed by atoms with Crippen LogP contribution in [0.4, 0.5) is 17.5 Å². The van der Waals surface area contributed by atoms with E-state index in [0.717, 1.165) is 48.8 Å². The molecule has 0 bridgehead atoms. The Hall–Kier alpha value is -2.70. The highest BCUT2D eigenvalue weighted by atomic mass is 16.2. The van der Waals surface area contributed by atoms with Crippen LogP contribution in [0.1, 0.15) is 63.1 Å². The topological polar surface area (TPSA) is 74.2 Å². The van der Waals surface area contributed by atoms with Crippen molar-refractivity contribution in [1.29, 1.82) is 0 Å². The van der Waals surface area contributed by atoms with Crippen LogP contribution in [0.2, 0.25) is 0 Å². The van der Waals surface area contributed by atoms with E-state index in [1.54, 1.807) is 11.1 Å². The van der Waals surface area contributed by atoms with Crippen molar-refractivity contribution in [3.63, 3.8) is 0 Å². The maximum absolute atomic E-state index is 12.8. The number of rotatable bonds is 6. The number of aryl methyl sites for hydroxylation is 1. The van der Waals surface area contributed by atoms with Crippen molar-refractivity contribution in [1.82, 2.24) is 15.0 Å². The average Bonchev–Trinajstić information content (AvgIpc) is 3.45. The van der Waals surface area contributed by atoms with Gasteiger partial charge in [-0.2, -0.15) is 4.98 Å². The summed E-state index contributed by atoms with van der Waals surface area (Å²) in [7, 11) is 1.82. The van der Waals surface area contributed by atoms with Gasteiger partial charge < -0.3 is 15.1 Å². The van der Waals surface area contributed by atoms with E-state index >= 15 is 0 Å². The van der Waals surface area contributed by atoms with Crippen molar-refractivity contribution in [2.24, 2.45) is 5.92 Å². The molecule has 1 saturated carbocycles. The number of hydrogen-bond donors (Lipinski definition) is 1. The third-order valence-electron chi connectivity index (χ3n) is 7.39. The molecule has 3 aliphatic rings. The molecule has 1 N–H and O–H groups in total. The highest BCUT2D eigenvalue weighted by molar-refractivity contribution is 6.07. The first-order chi connectivity index (χ1) is 15.0. The zero-order chi connectivity index (χ0) is 21.4. The van der Waals surface area contributed by atoms with E-state index in [1.807, 2.05) is 20.2 Å². The van der Waals surface area contributed by atoms with E-state index in [9.17, 15) is 4.79 Å². The summed E-state index contributed by atoms with van der Waals surface area (Å²) in [5, 5.41) is 3.33. The second kappa shape index (κ2) is 8.09. The minimum Gasteiger partial charge on any atom is -0.350 e. The van der Waals surface area contributed by atoms with E-state index in [2.05, 4.69) is 32.3 Å². The molecule has 1 saturated heterocycles. The molecule has 7 nitrogen and oxygen atoms in total. The number of aromatic nitrogens is 3. The van der Waals surface area contributed by atoms with Gasteiger partial charge in [-0.3, -0.25) is 9.78 Å². The van der Waals surface area contributed by atoms with Crippen LogP contribution in [0.3, 0.4) is 0 Å². The second-order valence-corrected chi connectivity index (χ2v) is 9.50. The molecule has 7 heteroatoms. The number of carbonyl (C=O) groups is 1. The summed E-state index contributed by atoms with van der Waals surface area (Å²) >= 11 is 0. The second-order valence-electron chi connectivity index (χ2n) is 9.50. The van der Waals surface area contributed by atoms with Gasteiger partial charge in [-0.15, -0.1) is 0 Å². The third kappa shape index (κ3) is 3.75. The van der Waals surface area contributed by atoms with Crippen LogP contribution < -0.4 is 15.1 Å². The lowest BCUT2D eigenvalue weighted by Gasteiger charge is -2.43. The monoisotopic (exact) mass is 420 g/mol. The first-order valence-corrected chi connectivity index (χ1v) is 11.6. The Labute approximate surface area is 184 Å². The number of nitrogens with zero attached hydrogens (tertiary/aromatic N) is 5. The molecule has 2 aromatic heterocycles. The Bertz CT molecular complexity index is 955. The smallest absolute Gasteiger partial charge is 0.252 e. The fourth-order valence-electron chi connectivity index (χ4n) is 5.42. The number of fused-ring (bicyclic) bond motifs is 3. The summed E-state index contributed by atoms with van der Waals surface area (Å²) in [6.07, 6.45) is 13.5. The van der Waals surface area contributed by atoms with Crippen LogP contribution >= 0.6 is 0 Å². The zero-order valence-corrected chi connectivity index (χ0v) is 18.6. The van der Waals surface area contributed by atoms with Gasteiger partial charge in [0, 0.05) is 32.0 Å². The van der Waals surface area contributed by atoms with Crippen molar-refractivity contribution in [3.05, 3.63) is 35.8 Å². The Morgan fingerprint density at radius 2 is 2.00 bits per heavy atom. The van der Waals surface area contributed by atoms with Gasteiger partial charge in [0.25, 0.3) is 5.91 Å². The summed E-state index contributed by atoms with van der Waals surface area (Å²) in [6.45, 7) is 3.50. The van der Waals surface area contributed by atoms with E-state index < -0.39 is 5.54 Å². The zero-order valence-electron chi connectivity index (χ0n) is 18.6. The van der Waals surface area contributed by atoms with Crippen LogP contribution in [-0.2, 0) is 17.8 Å². The van der Waals surface area contributed by atoms with E-state index in [-0.39, 0.29) is 5.91 Å². The summed E-state index contributed by atoms with van der Waals surface area (Å²) in [5.74, 6) is 2.46. The minimum absolute atomic E-state index is 0.126. The van der Waals surface area contributed by atoms with Gasteiger partial charge in [-0.05, 0) is 50.2 Å². The van der Waals surface area contributed by atoms with Crippen LogP contribution in [-0.4, -0.2) is 40.0 Å². The predicted octanol–water partition coefficient (Wildman–Crippen LogP) is 3.94. The maximum atomic E-state index is 12.8. The molecule has 0 spiro atoms. The lowest BCUT2D eigenvalue weighted by atomic mass is 9.94. The molecular weight excluding hydrogens is 388 g/mol. The van der Waals surface area contributed by atoms with Crippen molar-refractivity contribution in [2.75, 3.05) is 28.7 Å². The van der Waals surface area contributed by atoms with Crippen LogP contribution in [0, 0.1) is 5.92 Å². The van der Waals surface area contributed by atoms with Crippen molar-refractivity contribution in [3.8, 4) is 0 Å². The molecule has 1 aliphatic carbocycles. The fraction of sp³-hybridized carbons (Fsp3) is 0.583.